The zero-order valence-electron chi connectivity index (χ0n) is 22.2. The second-order valence-electron chi connectivity index (χ2n) is 10.6. The van der Waals surface area contributed by atoms with Crippen LogP contribution < -0.4 is 10.9 Å². The highest BCUT2D eigenvalue weighted by Gasteiger charge is 2.31. The van der Waals surface area contributed by atoms with Gasteiger partial charge in [-0.15, -0.1) is 23.1 Å². The summed E-state index contributed by atoms with van der Waals surface area (Å²) in [4.78, 5) is 33.9. The Morgan fingerprint density at radius 3 is 2.63 bits per heavy atom. The summed E-state index contributed by atoms with van der Waals surface area (Å²) in [6.45, 7) is 8.54. The van der Waals surface area contributed by atoms with Gasteiger partial charge >= 0.3 is 0 Å². The van der Waals surface area contributed by atoms with Gasteiger partial charge in [-0.2, -0.15) is 0 Å². The molecule has 5 nitrogen and oxygen atoms in total. The van der Waals surface area contributed by atoms with Crippen LogP contribution in [0.5, 0.6) is 0 Å². The van der Waals surface area contributed by atoms with Crippen molar-refractivity contribution in [2.45, 2.75) is 68.7 Å². The van der Waals surface area contributed by atoms with E-state index >= 15 is 0 Å². The number of hydrogen-bond acceptors (Lipinski definition) is 6. The standard InChI is InChI=1S/C30H33N3O2S3/c1-19-10-14-22(15-11-19)33-28(35)26-23-16-30(3,4)37-17-24(23)38-27(26)32-29(33)36-18-25(34)31-20(2)12-13-21-8-6-5-7-9-21/h5-11,14-15,20H,12-13,16-18H2,1-4H3,(H,31,34)/t20-/m1/s1. The third-order valence-corrected chi connectivity index (χ3v) is 10.4. The summed E-state index contributed by atoms with van der Waals surface area (Å²) < 4.78 is 1.78. The van der Waals surface area contributed by atoms with Gasteiger partial charge in [-0.3, -0.25) is 14.2 Å². The molecule has 4 aromatic rings. The van der Waals surface area contributed by atoms with Crippen LogP contribution >= 0.6 is 34.9 Å². The van der Waals surface area contributed by atoms with E-state index in [1.165, 1.54) is 22.2 Å². The van der Waals surface area contributed by atoms with Gasteiger partial charge in [0.25, 0.3) is 5.56 Å². The van der Waals surface area contributed by atoms with Gasteiger partial charge in [-0.1, -0.05) is 73.6 Å². The molecule has 8 heteroatoms. The Hall–Kier alpha value is -2.55. The summed E-state index contributed by atoms with van der Waals surface area (Å²) in [5.74, 6) is 1.05. The van der Waals surface area contributed by atoms with Crippen LogP contribution in [0.3, 0.4) is 0 Å². The fourth-order valence-corrected chi connectivity index (χ4v) is 7.94. The molecule has 0 aliphatic carbocycles. The Bertz CT molecular complexity index is 1510. The molecule has 2 aromatic carbocycles. The molecule has 3 heterocycles. The van der Waals surface area contributed by atoms with Crippen molar-refractivity contribution >= 4 is 51.0 Å². The Kier molecular flexibility index (Phi) is 8.03. The molecule has 0 spiro atoms. The fraction of sp³-hybridized carbons (Fsp3) is 0.367. The minimum absolute atomic E-state index is 0.0433. The number of thiophene rings is 1. The smallest absolute Gasteiger partial charge is 0.267 e. The van der Waals surface area contributed by atoms with Crippen molar-refractivity contribution in [3.8, 4) is 5.69 Å². The van der Waals surface area contributed by atoms with Gasteiger partial charge in [0.1, 0.15) is 4.83 Å². The van der Waals surface area contributed by atoms with Gasteiger partial charge in [0.05, 0.1) is 16.8 Å². The molecular weight excluding hydrogens is 531 g/mol. The van der Waals surface area contributed by atoms with Crippen molar-refractivity contribution in [3.63, 3.8) is 0 Å². The van der Waals surface area contributed by atoms with Gasteiger partial charge in [0.2, 0.25) is 5.91 Å². The first-order chi connectivity index (χ1) is 18.2. The highest BCUT2D eigenvalue weighted by atomic mass is 32.2. The number of benzene rings is 2. The third kappa shape index (κ3) is 6.03. The molecule has 0 fully saturated rings. The summed E-state index contributed by atoms with van der Waals surface area (Å²) in [6, 6.07) is 18.3. The number of nitrogens with zero attached hydrogens (tertiary/aromatic N) is 2. The first-order valence-electron chi connectivity index (χ1n) is 12.9. The van der Waals surface area contributed by atoms with E-state index in [1.807, 2.05) is 68.1 Å². The molecule has 0 unspecified atom stereocenters. The van der Waals surface area contributed by atoms with Gasteiger partial charge in [0.15, 0.2) is 5.16 Å². The maximum absolute atomic E-state index is 14.0. The molecule has 0 bridgehead atoms. The zero-order valence-corrected chi connectivity index (χ0v) is 24.7. The normalized spacial score (nSPS) is 15.3. The van der Waals surface area contributed by atoms with Gasteiger partial charge in [0, 0.05) is 21.4 Å². The number of nitrogens with one attached hydrogen (secondary N) is 1. The van der Waals surface area contributed by atoms with Gasteiger partial charge < -0.3 is 5.32 Å². The molecule has 1 N–H and O–H groups in total. The molecule has 198 valence electrons. The monoisotopic (exact) mass is 563 g/mol. The summed E-state index contributed by atoms with van der Waals surface area (Å²) in [7, 11) is 0. The number of aromatic nitrogens is 2. The van der Waals surface area contributed by atoms with Crippen molar-refractivity contribution < 1.29 is 4.79 Å². The number of thioether (sulfide) groups is 2. The predicted molar refractivity (Wildman–Crippen MR) is 162 cm³/mol. The van der Waals surface area contributed by atoms with Crippen molar-refractivity contribution in [1.29, 1.82) is 0 Å². The lowest BCUT2D eigenvalue weighted by molar-refractivity contribution is -0.119. The molecule has 0 saturated carbocycles. The van der Waals surface area contributed by atoms with Crippen molar-refractivity contribution in [2.75, 3.05) is 5.75 Å². The van der Waals surface area contributed by atoms with Crippen LogP contribution in [-0.4, -0.2) is 32.0 Å². The molecule has 1 aliphatic rings. The third-order valence-electron chi connectivity index (χ3n) is 6.81. The zero-order chi connectivity index (χ0) is 26.9. The first-order valence-corrected chi connectivity index (χ1v) is 15.7. The second-order valence-corrected chi connectivity index (χ2v) is 14.3. The highest BCUT2D eigenvalue weighted by Crippen LogP contribution is 2.44. The molecule has 1 aliphatic heterocycles. The summed E-state index contributed by atoms with van der Waals surface area (Å²) in [5, 5.41) is 4.41. The van der Waals surface area contributed by atoms with Crippen molar-refractivity contribution in [1.82, 2.24) is 14.9 Å². The Balaban J connectivity index is 1.40. The number of aryl methyl sites for hydroxylation is 2. The topological polar surface area (TPSA) is 64.0 Å². The molecule has 5 rings (SSSR count). The van der Waals surface area contributed by atoms with E-state index in [9.17, 15) is 9.59 Å². The second kappa shape index (κ2) is 11.3. The molecule has 1 atom stereocenters. The van der Waals surface area contributed by atoms with Crippen LogP contribution in [0.1, 0.15) is 48.8 Å². The number of carbonyl (C=O) groups excluding carboxylic acids is 1. The lowest BCUT2D eigenvalue weighted by atomic mass is 10.00. The van der Waals surface area contributed by atoms with E-state index in [0.717, 1.165) is 52.0 Å². The maximum Gasteiger partial charge on any atom is 0.267 e. The SMILES string of the molecule is Cc1ccc(-n2c(SCC(=O)N[C@H](C)CCc3ccccc3)nc3sc4c(c3c2=O)CC(C)(C)SC4)cc1. The Morgan fingerprint density at radius 1 is 1.16 bits per heavy atom. The lowest BCUT2D eigenvalue weighted by Crippen LogP contribution is -2.34. The molecule has 1 amide bonds. The summed E-state index contributed by atoms with van der Waals surface area (Å²) in [6.07, 6.45) is 2.64. The minimum Gasteiger partial charge on any atom is -0.353 e. The Labute approximate surface area is 236 Å². The lowest BCUT2D eigenvalue weighted by Gasteiger charge is -2.28. The number of rotatable bonds is 8. The number of carbonyl (C=O) groups is 1. The fourth-order valence-electron chi connectivity index (χ4n) is 4.74. The van der Waals surface area contributed by atoms with E-state index in [1.54, 1.807) is 15.9 Å². The number of fused-ring (bicyclic) bond motifs is 3. The largest absolute Gasteiger partial charge is 0.353 e. The Morgan fingerprint density at radius 2 is 1.89 bits per heavy atom. The van der Waals surface area contributed by atoms with E-state index in [4.69, 9.17) is 4.98 Å². The summed E-state index contributed by atoms with van der Waals surface area (Å²) >= 11 is 4.88. The molecule has 2 aromatic heterocycles. The number of amides is 1. The van der Waals surface area contributed by atoms with Crippen molar-refractivity contribution in [2.24, 2.45) is 0 Å². The summed E-state index contributed by atoms with van der Waals surface area (Å²) in [5.41, 5.74) is 4.27. The minimum atomic E-state index is -0.0519. The van der Waals surface area contributed by atoms with E-state index < -0.39 is 0 Å². The van der Waals surface area contributed by atoms with Crippen LogP contribution in [0.4, 0.5) is 0 Å². The maximum atomic E-state index is 14.0. The van der Waals surface area contributed by atoms with Crippen LogP contribution in [0, 0.1) is 6.92 Å². The predicted octanol–water partition coefficient (Wildman–Crippen LogP) is 6.55. The average Bonchev–Trinajstić information content (AvgIpc) is 3.24. The molecule has 38 heavy (non-hydrogen) atoms. The van der Waals surface area contributed by atoms with Crippen molar-refractivity contribution in [3.05, 3.63) is 86.5 Å². The quantitative estimate of drug-likeness (QED) is 0.194. The van der Waals surface area contributed by atoms with Gasteiger partial charge in [-0.05, 0) is 56.4 Å². The highest BCUT2D eigenvalue weighted by molar-refractivity contribution is 8.00. The molecule has 0 saturated heterocycles. The van der Waals surface area contributed by atoms with Gasteiger partial charge in [-0.25, -0.2) is 4.98 Å². The van der Waals surface area contributed by atoms with Crippen LogP contribution in [0.25, 0.3) is 15.9 Å². The molecular formula is C30H33N3O2S3. The van der Waals surface area contributed by atoms with E-state index in [2.05, 4.69) is 31.3 Å². The van der Waals surface area contributed by atoms with Crippen LogP contribution in [0.2, 0.25) is 0 Å². The number of hydrogen-bond donors (Lipinski definition) is 1. The first kappa shape index (κ1) is 27.0. The average molecular weight is 564 g/mol. The van der Waals surface area contributed by atoms with Crippen LogP contribution in [0.15, 0.2) is 64.5 Å². The van der Waals surface area contributed by atoms with E-state index in [0.29, 0.717) is 5.16 Å². The molecule has 0 radical (unpaired) electrons. The van der Waals surface area contributed by atoms with E-state index in [-0.39, 0.29) is 28.0 Å². The van der Waals surface area contributed by atoms with Crippen LogP contribution in [-0.2, 0) is 23.4 Å².